The Balaban J connectivity index is 2.43. The highest BCUT2D eigenvalue weighted by atomic mass is 16.3. The van der Waals surface area contributed by atoms with Gasteiger partial charge in [0.2, 0.25) is 0 Å². The number of aromatic nitrogens is 2. The van der Waals surface area contributed by atoms with Gasteiger partial charge in [0.1, 0.15) is 0 Å². The first-order valence-corrected chi connectivity index (χ1v) is 3.61. The average Bonchev–Trinajstić information content (AvgIpc) is 2.39. The van der Waals surface area contributed by atoms with Gasteiger partial charge in [0, 0.05) is 24.4 Å². The molecule has 4 N–H and O–H groups in total. The summed E-state index contributed by atoms with van der Waals surface area (Å²) in [6.45, 7) is 1.68. The van der Waals surface area contributed by atoms with E-state index in [1.807, 2.05) is 0 Å². The van der Waals surface area contributed by atoms with Crippen molar-refractivity contribution in [3.63, 3.8) is 0 Å². The second-order valence-corrected chi connectivity index (χ2v) is 2.69. The van der Waals surface area contributed by atoms with Crippen LogP contribution < -0.4 is 5.73 Å². The summed E-state index contributed by atoms with van der Waals surface area (Å²) in [6.07, 6.45) is 3.47. The van der Waals surface area contributed by atoms with Crippen LogP contribution in [0.3, 0.4) is 0 Å². The van der Waals surface area contributed by atoms with Crippen LogP contribution in [0.25, 0.3) is 0 Å². The molecule has 0 fully saturated rings. The first-order chi connectivity index (χ1) is 5.20. The van der Waals surface area contributed by atoms with Crippen LogP contribution in [0.2, 0.25) is 0 Å². The van der Waals surface area contributed by atoms with Gasteiger partial charge in [-0.15, -0.1) is 0 Å². The average molecular weight is 155 g/mol. The molecule has 0 radical (unpaired) electrons. The second kappa shape index (κ2) is 3.50. The third-order valence-electron chi connectivity index (χ3n) is 1.63. The van der Waals surface area contributed by atoms with E-state index in [1.165, 1.54) is 0 Å². The van der Waals surface area contributed by atoms with E-state index in [4.69, 9.17) is 10.8 Å². The van der Waals surface area contributed by atoms with Crippen LogP contribution in [0, 0.1) is 0 Å². The predicted molar refractivity (Wildman–Crippen MR) is 41.9 cm³/mol. The third-order valence-corrected chi connectivity index (χ3v) is 1.63. The minimum Gasteiger partial charge on any atom is -0.392 e. The van der Waals surface area contributed by atoms with Crippen LogP contribution in [0.5, 0.6) is 0 Å². The van der Waals surface area contributed by atoms with Crippen molar-refractivity contribution in [1.29, 1.82) is 0 Å². The molecule has 1 aromatic heterocycles. The smallest absolute Gasteiger partial charge is 0.0921 e. The maximum Gasteiger partial charge on any atom is 0.0921 e. The number of nitrogens with zero attached hydrogens (tertiary/aromatic N) is 1. The van der Waals surface area contributed by atoms with Crippen LogP contribution in [-0.2, 0) is 6.42 Å². The van der Waals surface area contributed by atoms with Gasteiger partial charge >= 0.3 is 0 Å². The fourth-order valence-electron chi connectivity index (χ4n) is 0.821. The van der Waals surface area contributed by atoms with E-state index in [0.717, 1.165) is 5.69 Å². The second-order valence-electron chi connectivity index (χ2n) is 2.69. The molecule has 1 aromatic rings. The molecule has 0 aliphatic heterocycles. The summed E-state index contributed by atoms with van der Waals surface area (Å²) in [4.78, 5) is 6.76. The maximum atomic E-state index is 9.06. The zero-order valence-electron chi connectivity index (χ0n) is 6.49. The summed E-state index contributed by atoms with van der Waals surface area (Å²) in [7, 11) is 0. The molecule has 11 heavy (non-hydrogen) atoms. The molecule has 62 valence electrons. The standard InChI is InChI=1S/C7H13N3O/c1-5(11)7(8)2-6-3-9-4-10-6/h3-5,7,11H,2,8H2,1H3,(H,9,10)/t5?,7-/m1/s1. The van der Waals surface area contributed by atoms with Gasteiger partial charge in [-0.05, 0) is 6.92 Å². The summed E-state index contributed by atoms with van der Waals surface area (Å²) in [5.74, 6) is 0. The van der Waals surface area contributed by atoms with E-state index in [9.17, 15) is 0 Å². The molecule has 0 bridgehead atoms. The summed E-state index contributed by atoms with van der Waals surface area (Å²) in [6, 6.07) is -0.213. The van der Waals surface area contributed by atoms with Crippen molar-refractivity contribution in [3.8, 4) is 0 Å². The van der Waals surface area contributed by atoms with Gasteiger partial charge in [-0.2, -0.15) is 0 Å². The van der Waals surface area contributed by atoms with E-state index in [2.05, 4.69) is 9.97 Å². The Morgan fingerprint density at radius 2 is 2.55 bits per heavy atom. The van der Waals surface area contributed by atoms with E-state index < -0.39 is 6.10 Å². The topological polar surface area (TPSA) is 74.9 Å². The van der Waals surface area contributed by atoms with Gasteiger partial charge in [0.05, 0.1) is 12.4 Å². The highest BCUT2D eigenvalue weighted by molar-refractivity contribution is 4.97. The summed E-state index contributed by atoms with van der Waals surface area (Å²) < 4.78 is 0. The van der Waals surface area contributed by atoms with E-state index >= 15 is 0 Å². The Labute approximate surface area is 65.5 Å². The van der Waals surface area contributed by atoms with Gasteiger partial charge in [-0.25, -0.2) is 4.98 Å². The normalized spacial score (nSPS) is 16.3. The highest BCUT2D eigenvalue weighted by Gasteiger charge is 2.09. The Hall–Kier alpha value is -0.870. The van der Waals surface area contributed by atoms with Crippen molar-refractivity contribution in [2.45, 2.75) is 25.5 Å². The SMILES string of the molecule is CC(O)[C@H](N)Cc1cnc[nH]1. The number of nitrogens with two attached hydrogens (primary N) is 1. The monoisotopic (exact) mass is 155 g/mol. The fourth-order valence-corrected chi connectivity index (χ4v) is 0.821. The van der Waals surface area contributed by atoms with Crippen molar-refractivity contribution in [1.82, 2.24) is 9.97 Å². The molecule has 0 aliphatic rings. The molecule has 1 unspecified atom stereocenters. The van der Waals surface area contributed by atoms with Crippen molar-refractivity contribution in [2.24, 2.45) is 5.73 Å². The summed E-state index contributed by atoms with van der Waals surface area (Å²) >= 11 is 0. The zero-order valence-corrected chi connectivity index (χ0v) is 6.49. The predicted octanol–water partition coefficient (Wildman–Crippen LogP) is -0.340. The molecule has 2 atom stereocenters. The number of nitrogens with one attached hydrogen (secondary N) is 1. The quantitative estimate of drug-likeness (QED) is 0.559. The first kappa shape index (κ1) is 8.23. The molecule has 0 amide bonds. The largest absolute Gasteiger partial charge is 0.392 e. The lowest BCUT2D eigenvalue weighted by molar-refractivity contribution is 0.163. The van der Waals surface area contributed by atoms with Gasteiger partial charge in [0.15, 0.2) is 0 Å². The Kier molecular flexibility index (Phi) is 2.62. The molecule has 0 aliphatic carbocycles. The minimum atomic E-state index is -0.474. The van der Waals surface area contributed by atoms with Crippen LogP contribution in [0.15, 0.2) is 12.5 Å². The molecule has 0 spiro atoms. The van der Waals surface area contributed by atoms with Crippen molar-refractivity contribution in [3.05, 3.63) is 18.2 Å². The van der Waals surface area contributed by atoms with E-state index in [0.29, 0.717) is 6.42 Å². The van der Waals surface area contributed by atoms with Crippen molar-refractivity contribution in [2.75, 3.05) is 0 Å². The fraction of sp³-hybridized carbons (Fsp3) is 0.571. The van der Waals surface area contributed by atoms with Crippen LogP contribution in [-0.4, -0.2) is 27.2 Å². The molecular weight excluding hydrogens is 142 g/mol. The summed E-state index contributed by atoms with van der Waals surface area (Å²) in [5.41, 5.74) is 6.57. The zero-order chi connectivity index (χ0) is 8.27. The molecule has 4 nitrogen and oxygen atoms in total. The van der Waals surface area contributed by atoms with Crippen LogP contribution in [0.1, 0.15) is 12.6 Å². The van der Waals surface area contributed by atoms with Gasteiger partial charge in [0.25, 0.3) is 0 Å². The minimum absolute atomic E-state index is 0.213. The van der Waals surface area contributed by atoms with E-state index in [-0.39, 0.29) is 6.04 Å². The Morgan fingerprint density at radius 1 is 1.82 bits per heavy atom. The van der Waals surface area contributed by atoms with Gasteiger partial charge < -0.3 is 15.8 Å². The molecular formula is C7H13N3O. The molecule has 0 saturated carbocycles. The number of hydrogen-bond acceptors (Lipinski definition) is 3. The van der Waals surface area contributed by atoms with Crippen molar-refractivity contribution < 1.29 is 5.11 Å². The number of imidazole rings is 1. The molecule has 4 heteroatoms. The Morgan fingerprint density at radius 3 is 3.00 bits per heavy atom. The van der Waals surface area contributed by atoms with Crippen molar-refractivity contribution >= 4 is 0 Å². The number of hydrogen-bond donors (Lipinski definition) is 3. The molecule has 1 heterocycles. The molecule has 0 aromatic carbocycles. The molecule has 1 rings (SSSR count). The first-order valence-electron chi connectivity index (χ1n) is 3.61. The third kappa shape index (κ3) is 2.32. The highest BCUT2D eigenvalue weighted by Crippen LogP contribution is 1.99. The van der Waals surface area contributed by atoms with E-state index in [1.54, 1.807) is 19.4 Å². The lowest BCUT2D eigenvalue weighted by Gasteiger charge is -2.12. The van der Waals surface area contributed by atoms with Crippen LogP contribution in [0.4, 0.5) is 0 Å². The van der Waals surface area contributed by atoms with Crippen LogP contribution >= 0.6 is 0 Å². The number of aromatic amines is 1. The number of aliphatic hydroxyl groups excluding tert-OH is 1. The number of H-pyrrole nitrogens is 1. The number of aliphatic hydroxyl groups is 1. The lowest BCUT2D eigenvalue weighted by Crippen LogP contribution is -2.34. The van der Waals surface area contributed by atoms with Gasteiger partial charge in [-0.1, -0.05) is 0 Å². The Bertz CT molecular complexity index is 195. The number of rotatable bonds is 3. The molecule has 0 saturated heterocycles. The van der Waals surface area contributed by atoms with Gasteiger partial charge in [-0.3, -0.25) is 0 Å². The maximum absolute atomic E-state index is 9.06. The lowest BCUT2D eigenvalue weighted by atomic mass is 10.1. The summed E-state index contributed by atoms with van der Waals surface area (Å²) in [5, 5.41) is 9.06.